The van der Waals surface area contributed by atoms with Gasteiger partial charge in [0.1, 0.15) is 5.78 Å². The average Bonchev–Trinajstić information content (AvgIpc) is 3.23. The topological polar surface area (TPSA) is 144 Å². The van der Waals surface area contributed by atoms with E-state index in [1.54, 1.807) is 7.05 Å². The highest BCUT2D eigenvalue weighted by atomic mass is 16.4. The Morgan fingerprint density at radius 3 is 2.38 bits per heavy atom. The molecule has 0 aromatic heterocycles. The van der Waals surface area contributed by atoms with Crippen LogP contribution in [0.2, 0.25) is 0 Å². The van der Waals surface area contributed by atoms with E-state index in [1.165, 1.54) is 6.08 Å². The lowest BCUT2D eigenvalue weighted by molar-refractivity contribution is -0.150. The minimum absolute atomic E-state index is 0.0286. The SMILES string of the molecule is CNCC/C(=C\[C@@H](O)C[C@@H](C)[C@H]1C[C@H](O)[C@@]2(C)C3=C(C(=O)C[C@]12C)[C@@]1(C)CCC(=O)C(C)(C)[C@H]1[C@H](/C=C/c1ccccc1)[C@H]3O)C(=O)O. The first kappa shape index (κ1) is 36.4. The van der Waals surface area contributed by atoms with E-state index in [1.807, 2.05) is 77.1 Å². The van der Waals surface area contributed by atoms with Crippen LogP contribution in [0.4, 0.5) is 0 Å². The van der Waals surface area contributed by atoms with Crippen LogP contribution in [0.3, 0.4) is 0 Å². The predicted octanol–water partition coefficient (Wildman–Crippen LogP) is 5.37. The lowest BCUT2D eigenvalue weighted by Crippen LogP contribution is -2.63. The third-order valence-electron chi connectivity index (χ3n) is 13.4. The zero-order chi connectivity index (χ0) is 35.4. The summed E-state index contributed by atoms with van der Waals surface area (Å²) < 4.78 is 0. The van der Waals surface area contributed by atoms with Crippen molar-refractivity contribution in [1.82, 2.24) is 5.32 Å². The molecular weight excluding hydrogens is 606 g/mol. The quantitative estimate of drug-likeness (QED) is 0.211. The second-order valence-corrected chi connectivity index (χ2v) is 16.3. The number of Topliss-reactive ketones (excluding diaryl/α,β-unsaturated/α-hetero) is 2. The zero-order valence-electron chi connectivity index (χ0n) is 29.6. The molecule has 8 heteroatoms. The second kappa shape index (κ2) is 13.1. The molecule has 1 aromatic rings. The summed E-state index contributed by atoms with van der Waals surface area (Å²) in [7, 11) is 1.74. The van der Waals surface area contributed by atoms with Crippen LogP contribution in [0.5, 0.6) is 0 Å². The number of benzene rings is 1. The van der Waals surface area contributed by atoms with Gasteiger partial charge in [0.25, 0.3) is 0 Å². The van der Waals surface area contributed by atoms with Crippen LogP contribution in [0, 0.1) is 45.3 Å². The van der Waals surface area contributed by atoms with Crippen molar-refractivity contribution in [2.75, 3.05) is 13.6 Å². The van der Waals surface area contributed by atoms with Gasteiger partial charge in [0.05, 0.1) is 18.3 Å². The molecule has 262 valence electrons. The van der Waals surface area contributed by atoms with Crippen molar-refractivity contribution < 1.29 is 34.8 Å². The van der Waals surface area contributed by atoms with Crippen molar-refractivity contribution in [3.8, 4) is 0 Å². The summed E-state index contributed by atoms with van der Waals surface area (Å²) in [5, 5.41) is 48.3. The van der Waals surface area contributed by atoms with Gasteiger partial charge in [0.2, 0.25) is 0 Å². The Kier molecular flexibility index (Phi) is 9.92. The average molecular weight is 662 g/mol. The number of rotatable bonds is 10. The van der Waals surface area contributed by atoms with Crippen LogP contribution in [0.15, 0.2) is 59.2 Å². The number of aliphatic carboxylic acids is 1. The van der Waals surface area contributed by atoms with E-state index in [0.29, 0.717) is 37.0 Å². The molecule has 2 saturated carbocycles. The minimum atomic E-state index is -1.08. The number of carboxylic acid groups (broad SMARTS) is 1. The fourth-order valence-electron chi connectivity index (χ4n) is 10.8. The van der Waals surface area contributed by atoms with Crippen LogP contribution in [0.25, 0.3) is 6.08 Å². The standard InChI is InChI=1S/C40H55NO7/c1-23(19-26(42)20-25(36(47)48)16-18-41-7)28-21-31(45)40(6)33-32(29(43)22-39(28,40)5)38(4)17-15-30(44)37(2,3)35(38)27(34(33)46)14-13-24-11-9-8-10-12-24/h8-14,20,23,26-28,31,34-35,41-42,45-46H,15-19,21-22H2,1-7H3,(H,47,48)/b14-13+,25-20+/t23-,26+,27-,28-,31+,34-,35-,38-,39-,40+/m1/s1. The minimum Gasteiger partial charge on any atom is -0.478 e. The van der Waals surface area contributed by atoms with Crippen LogP contribution in [-0.4, -0.2) is 69.9 Å². The number of fused-ring (bicyclic) bond motifs is 4. The Morgan fingerprint density at radius 1 is 1.08 bits per heavy atom. The van der Waals surface area contributed by atoms with Gasteiger partial charge in [-0.1, -0.05) is 84.0 Å². The number of hydrogen-bond acceptors (Lipinski definition) is 7. The van der Waals surface area contributed by atoms with E-state index in [4.69, 9.17) is 0 Å². The Morgan fingerprint density at radius 2 is 1.75 bits per heavy atom. The monoisotopic (exact) mass is 661 g/mol. The number of hydrogen-bond donors (Lipinski definition) is 5. The number of nitrogens with one attached hydrogen (secondary N) is 1. The number of carbonyl (C=O) groups excluding carboxylic acids is 2. The van der Waals surface area contributed by atoms with Gasteiger partial charge >= 0.3 is 5.97 Å². The summed E-state index contributed by atoms with van der Waals surface area (Å²) in [5.74, 6) is -2.08. The highest BCUT2D eigenvalue weighted by Crippen LogP contribution is 2.72. The van der Waals surface area contributed by atoms with Crippen molar-refractivity contribution in [3.05, 3.63) is 64.8 Å². The molecule has 8 nitrogen and oxygen atoms in total. The molecule has 10 atom stereocenters. The Balaban J connectivity index is 1.58. The van der Waals surface area contributed by atoms with Crippen LogP contribution < -0.4 is 5.32 Å². The van der Waals surface area contributed by atoms with E-state index in [-0.39, 0.29) is 54.2 Å². The Hall–Kier alpha value is -2.91. The number of ketones is 2. The van der Waals surface area contributed by atoms with Crippen molar-refractivity contribution in [1.29, 1.82) is 0 Å². The van der Waals surface area contributed by atoms with E-state index in [9.17, 15) is 34.8 Å². The Labute approximate surface area is 285 Å². The van der Waals surface area contributed by atoms with E-state index in [0.717, 1.165) is 5.56 Å². The van der Waals surface area contributed by atoms with Crippen LogP contribution >= 0.6 is 0 Å². The molecule has 0 amide bonds. The number of carboxylic acids is 1. The maximum Gasteiger partial charge on any atom is 0.331 e. The molecule has 5 N–H and O–H groups in total. The van der Waals surface area contributed by atoms with Gasteiger partial charge in [0.15, 0.2) is 5.78 Å². The summed E-state index contributed by atoms with van der Waals surface area (Å²) in [6.07, 6.45) is 4.49. The maximum atomic E-state index is 14.6. The van der Waals surface area contributed by atoms with Gasteiger partial charge < -0.3 is 25.7 Å². The highest BCUT2D eigenvalue weighted by Gasteiger charge is 2.71. The lowest BCUT2D eigenvalue weighted by Gasteiger charge is -2.63. The molecule has 0 radical (unpaired) electrons. The molecular formula is C40H55NO7. The molecule has 0 heterocycles. The molecule has 4 aliphatic carbocycles. The van der Waals surface area contributed by atoms with Crippen LogP contribution in [-0.2, 0) is 14.4 Å². The van der Waals surface area contributed by atoms with Gasteiger partial charge in [-0.2, -0.15) is 0 Å². The van der Waals surface area contributed by atoms with Gasteiger partial charge in [0, 0.05) is 46.2 Å². The molecule has 0 bridgehead atoms. The van der Waals surface area contributed by atoms with Crippen molar-refractivity contribution >= 4 is 23.6 Å². The van der Waals surface area contributed by atoms with Crippen molar-refractivity contribution in [2.24, 2.45) is 45.3 Å². The molecule has 48 heavy (non-hydrogen) atoms. The summed E-state index contributed by atoms with van der Waals surface area (Å²) in [5.41, 5.74) is -0.780. The van der Waals surface area contributed by atoms with Crippen LogP contribution in [0.1, 0.15) is 85.6 Å². The van der Waals surface area contributed by atoms with E-state index >= 15 is 0 Å². The number of allylic oxidation sites excluding steroid dienone is 1. The summed E-state index contributed by atoms with van der Waals surface area (Å²) in [6, 6.07) is 9.84. The maximum absolute atomic E-state index is 14.6. The normalized spacial score (nSPS) is 37.6. The van der Waals surface area contributed by atoms with E-state index < -0.39 is 51.9 Å². The molecule has 1 aromatic carbocycles. The van der Waals surface area contributed by atoms with Crippen molar-refractivity contribution in [2.45, 2.75) is 98.4 Å². The summed E-state index contributed by atoms with van der Waals surface area (Å²) >= 11 is 0. The Bertz CT molecular complexity index is 1530. The molecule has 0 aliphatic heterocycles. The summed E-state index contributed by atoms with van der Waals surface area (Å²) in [6.45, 7) is 12.5. The van der Waals surface area contributed by atoms with Gasteiger partial charge in [-0.3, -0.25) is 9.59 Å². The fourth-order valence-corrected chi connectivity index (χ4v) is 10.8. The van der Waals surface area contributed by atoms with E-state index in [2.05, 4.69) is 12.2 Å². The fraction of sp³-hybridized carbons (Fsp3) is 0.625. The third-order valence-corrected chi connectivity index (χ3v) is 13.4. The highest BCUT2D eigenvalue weighted by molar-refractivity contribution is 6.01. The molecule has 0 unspecified atom stereocenters. The molecule has 0 saturated heterocycles. The summed E-state index contributed by atoms with van der Waals surface area (Å²) in [4.78, 5) is 39.9. The largest absolute Gasteiger partial charge is 0.478 e. The lowest BCUT2D eigenvalue weighted by atomic mass is 9.40. The first-order chi connectivity index (χ1) is 22.4. The van der Waals surface area contributed by atoms with Crippen molar-refractivity contribution in [3.63, 3.8) is 0 Å². The second-order valence-electron chi connectivity index (χ2n) is 16.3. The number of aliphatic hydroxyl groups is 3. The first-order valence-corrected chi connectivity index (χ1v) is 17.6. The molecule has 5 rings (SSSR count). The van der Waals surface area contributed by atoms with Gasteiger partial charge in [-0.05, 0) is 79.7 Å². The molecule has 4 aliphatic rings. The van der Waals surface area contributed by atoms with Gasteiger partial charge in [-0.25, -0.2) is 4.79 Å². The first-order valence-electron chi connectivity index (χ1n) is 17.6. The molecule has 0 spiro atoms. The third kappa shape index (κ3) is 5.66. The predicted molar refractivity (Wildman–Crippen MR) is 186 cm³/mol. The number of carbonyl (C=O) groups is 3. The zero-order valence-corrected chi connectivity index (χ0v) is 29.6. The smallest absolute Gasteiger partial charge is 0.331 e. The molecule has 2 fully saturated rings. The number of aliphatic hydroxyl groups excluding tert-OH is 3. The van der Waals surface area contributed by atoms with Gasteiger partial charge in [-0.15, -0.1) is 0 Å².